The van der Waals surface area contributed by atoms with Gasteiger partial charge in [-0.2, -0.15) is 0 Å². The second-order valence-electron chi connectivity index (χ2n) is 9.41. The van der Waals surface area contributed by atoms with Gasteiger partial charge in [0, 0.05) is 32.3 Å². The van der Waals surface area contributed by atoms with Crippen LogP contribution in [0.1, 0.15) is 66.2 Å². The molecule has 1 heterocycles. The monoisotopic (exact) mass is 376 g/mol. The normalized spacial score (nSPS) is 42.4. The van der Waals surface area contributed by atoms with Gasteiger partial charge in [-0.15, -0.1) is 0 Å². The van der Waals surface area contributed by atoms with Gasteiger partial charge in [-0.25, -0.2) is 4.79 Å². The quantitative estimate of drug-likeness (QED) is 0.705. The fraction of sp³-hybridized carbons (Fsp3) is 0.762. The standard InChI is InChI=1S/C21H28O6/c1-12(22)25-15-11-21(27-18(15)24)8-6-14(23)10-17(21)26-16-9-13-5-7-20(16,4)19(13,2)3/h11,13,16-17H,5-10H2,1-4H3/t13-,16+,17-,20+,21+/m0/s1. The highest BCUT2D eigenvalue weighted by molar-refractivity contribution is 5.92. The zero-order chi connectivity index (χ0) is 19.6. The predicted octanol–water partition coefficient (Wildman–Crippen LogP) is 3.08. The van der Waals surface area contributed by atoms with Crippen molar-refractivity contribution < 1.29 is 28.6 Å². The van der Waals surface area contributed by atoms with Gasteiger partial charge in [0.15, 0.2) is 5.60 Å². The maximum Gasteiger partial charge on any atom is 0.375 e. The van der Waals surface area contributed by atoms with E-state index in [9.17, 15) is 14.4 Å². The van der Waals surface area contributed by atoms with Crippen LogP contribution in [0.2, 0.25) is 0 Å². The zero-order valence-electron chi connectivity index (χ0n) is 16.5. The molecular formula is C21H28O6. The number of ether oxygens (including phenoxy) is 3. The fourth-order valence-electron chi connectivity index (χ4n) is 5.72. The molecule has 0 aromatic carbocycles. The topological polar surface area (TPSA) is 78.9 Å². The zero-order valence-corrected chi connectivity index (χ0v) is 16.5. The smallest absolute Gasteiger partial charge is 0.375 e. The van der Waals surface area contributed by atoms with Gasteiger partial charge in [0.25, 0.3) is 0 Å². The Bertz CT molecular complexity index is 737. The highest BCUT2D eigenvalue weighted by Gasteiger charge is 2.63. The molecule has 27 heavy (non-hydrogen) atoms. The third-order valence-electron chi connectivity index (χ3n) is 7.91. The van der Waals surface area contributed by atoms with E-state index < -0.39 is 23.6 Å². The largest absolute Gasteiger partial charge is 0.446 e. The lowest BCUT2D eigenvalue weighted by molar-refractivity contribution is -0.187. The van der Waals surface area contributed by atoms with Crippen LogP contribution >= 0.6 is 0 Å². The molecule has 148 valence electrons. The number of hydrogen-bond donors (Lipinski definition) is 0. The van der Waals surface area contributed by atoms with E-state index in [-0.39, 0.29) is 34.9 Å². The number of rotatable bonds is 3. The van der Waals surface area contributed by atoms with E-state index in [1.807, 2.05) is 0 Å². The Balaban J connectivity index is 1.61. The van der Waals surface area contributed by atoms with Crippen LogP contribution < -0.4 is 0 Å². The van der Waals surface area contributed by atoms with E-state index in [0.29, 0.717) is 18.8 Å². The molecule has 4 aliphatic rings. The molecule has 3 aliphatic carbocycles. The van der Waals surface area contributed by atoms with Gasteiger partial charge >= 0.3 is 11.9 Å². The van der Waals surface area contributed by atoms with Crippen LogP contribution in [-0.4, -0.2) is 35.5 Å². The van der Waals surface area contributed by atoms with Gasteiger partial charge in [-0.1, -0.05) is 20.8 Å². The molecule has 0 saturated heterocycles. The van der Waals surface area contributed by atoms with Gasteiger partial charge in [0.2, 0.25) is 5.76 Å². The van der Waals surface area contributed by atoms with Gasteiger partial charge in [0.05, 0.1) is 6.10 Å². The van der Waals surface area contributed by atoms with Crippen LogP contribution in [0.3, 0.4) is 0 Å². The average molecular weight is 376 g/mol. The Hall–Kier alpha value is -1.69. The molecule has 2 bridgehead atoms. The summed E-state index contributed by atoms with van der Waals surface area (Å²) >= 11 is 0. The third-order valence-corrected chi connectivity index (χ3v) is 7.91. The molecule has 1 aliphatic heterocycles. The molecular weight excluding hydrogens is 348 g/mol. The van der Waals surface area contributed by atoms with Crippen molar-refractivity contribution in [2.75, 3.05) is 0 Å². The summed E-state index contributed by atoms with van der Waals surface area (Å²) in [7, 11) is 0. The maximum atomic E-state index is 12.2. The Kier molecular flexibility index (Phi) is 4.08. The molecule has 4 rings (SSSR count). The molecule has 3 saturated carbocycles. The second-order valence-corrected chi connectivity index (χ2v) is 9.41. The van der Waals surface area contributed by atoms with E-state index in [1.54, 1.807) is 6.08 Å². The van der Waals surface area contributed by atoms with E-state index >= 15 is 0 Å². The van der Waals surface area contributed by atoms with E-state index in [0.717, 1.165) is 12.8 Å². The molecule has 0 aromatic heterocycles. The van der Waals surface area contributed by atoms with E-state index in [2.05, 4.69) is 20.8 Å². The highest BCUT2D eigenvalue weighted by Crippen LogP contribution is 2.66. The molecule has 6 heteroatoms. The molecule has 1 spiro atoms. The second kappa shape index (κ2) is 5.90. The number of esters is 2. The van der Waals surface area contributed by atoms with Crippen LogP contribution in [0.15, 0.2) is 11.8 Å². The number of fused-ring (bicyclic) bond motifs is 2. The van der Waals surface area contributed by atoms with Crippen molar-refractivity contribution in [3.63, 3.8) is 0 Å². The number of carbonyl (C=O) groups excluding carboxylic acids is 3. The first-order valence-electron chi connectivity index (χ1n) is 9.89. The minimum atomic E-state index is -1.02. The molecule has 0 amide bonds. The van der Waals surface area contributed by atoms with Crippen molar-refractivity contribution in [3.05, 3.63) is 11.8 Å². The first-order valence-corrected chi connectivity index (χ1v) is 9.89. The fourth-order valence-corrected chi connectivity index (χ4v) is 5.72. The lowest BCUT2D eigenvalue weighted by Crippen LogP contribution is -2.51. The molecule has 5 atom stereocenters. The van der Waals surface area contributed by atoms with Crippen LogP contribution in [0.4, 0.5) is 0 Å². The van der Waals surface area contributed by atoms with Crippen molar-refractivity contribution in [2.24, 2.45) is 16.7 Å². The molecule has 0 unspecified atom stereocenters. The van der Waals surface area contributed by atoms with E-state index in [4.69, 9.17) is 14.2 Å². The van der Waals surface area contributed by atoms with Gasteiger partial charge in [0.1, 0.15) is 11.9 Å². The van der Waals surface area contributed by atoms with Crippen molar-refractivity contribution in [3.8, 4) is 0 Å². The first kappa shape index (κ1) is 18.7. The Morgan fingerprint density at radius 2 is 1.93 bits per heavy atom. The summed E-state index contributed by atoms with van der Waals surface area (Å²) in [6, 6.07) is 0. The summed E-state index contributed by atoms with van der Waals surface area (Å²) in [5, 5.41) is 0. The summed E-state index contributed by atoms with van der Waals surface area (Å²) in [6.45, 7) is 8.15. The molecule has 0 N–H and O–H groups in total. The Morgan fingerprint density at radius 3 is 2.52 bits per heavy atom. The Labute approximate surface area is 159 Å². The molecule has 3 fully saturated rings. The predicted molar refractivity (Wildman–Crippen MR) is 95.4 cm³/mol. The van der Waals surface area contributed by atoms with Gasteiger partial charge < -0.3 is 14.2 Å². The Morgan fingerprint density at radius 1 is 1.19 bits per heavy atom. The third kappa shape index (κ3) is 2.67. The van der Waals surface area contributed by atoms with Gasteiger partial charge in [-0.3, -0.25) is 9.59 Å². The van der Waals surface area contributed by atoms with Crippen LogP contribution in [0.25, 0.3) is 0 Å². The van der Waals surface area contributed by atoms with Crippen molar-refractivity contribution in [1.82, 2.24) is 0 Å². The molecule has 6 nitrogen and oxygen atoms in total. The van der Waals surface area contributed by atoms with Crippen LogP contribution in [0.5, 0.6) is 0 Å². The number of hydrogen-bond acceptors (Lipinski definition) is 6. The van der Waals surface area contributed by atoms with Crippen molar-refractivity contribution >= 4 is 17.7 Å². The lowest BCUT2D eigenvalue weighted by Gasteiger charge is -2.44. The summed E-state index contributed by atoms with van der Waals surface area (Å²) < 4.78 is 17.2. The summed E-state index contributed by atoms with van der Waals surface area (Å²) in [5.41, 5.74) is -0.781. The summed E-state index contributed by atoms with van der Waals surface area (Å²) in [6.07, 6.45) is 5.26. The molecule has 0 aromatic rings. The van der Waals surface area contributed by atoms with Crippen LogP contribution in [-0.2, 0) is 28.6 Å². The summed E-state index contributed by atoms with van der Waals surface area (Å²) in [5.74, 6) is -0.593. The highest BCUT2D eigenvalue weighted by atomic mass is 16.6. The maximum absolute atomic E-state index is 12.2. The molecule has 0 radical (unpaired) electrons. The van der Waals surface area contributed by atoms with Gasteiger partial charge in [-0.05, 0) is 36.0 Å². The minimum Gasteiger partial charge on any atom is -0.446 e. The number of carbonyl (C=O) groups is 3. The van der Waals surface area contributed by atoms with Crippen molar-refractivity contribution in [2.45, 2.75) is 84.0 Å². The van der Waals surface area contributed by atoms with Crippen LogP contribution in [0, 0.1) is 16.7 Å². The van der Waals surface area contributed by atoms with E-state index in [1.165, 1.54) is 13.3 Å². The minimum absolute atomic E-state index is 0.0314. The first-order chi connectivity index (χ1) is 12.6. The van der Waals surface area contributed by atoms with Crippen molar-refractivity contribution in [1.29, 1.82) is 0 Å². The number of Topliss-reactive ketones (excluding diaryl/α,β-unsaturated/α-hetero) is 1. The number of ketones is 1. The summed E-state index contributed by atoms with van der Waals surface area (Å²) in [4.78, 5) is 35.7. The lowest BCUT2D eigenvalue weighted by atomic mass is 9.69. The average Bonchev–Trinajstić information content (AvgIpc) is 3.06. The SMILES string of the molecule is CC(=O)OC1=C[C@@]2(CCC(=O)C[C@@H]2O[C@@H]2C[C@@H]3CC[C@@]2(C)C3(C)C)OC1=O.